The molecular weight excluding hydrogens is 593 g/mol. The molecule has 4 aromatic rings. The fraction of sp³-hybridized carbons (Fsp3) is 0.349. The van der Waals surface area contributed by atoms with Gasteiger partial charge in [0.15, 0.2) is 0 Å². The molecule has 3 aromatic carbocycles. The highest BCUT2D eigenvalue weighted by Gasteiger charge is 2.33. The maximum Gasteiger partial charge on any atom is 0.253 e. The van der Waals surface area contributed by atoms with Gasteiger partial charge in [0, 0.05) is 36.6 Å². The second kappa shape index (κ2) is 17.6. The number of halogens is 1. The number of pyridine rings is 1. The highest BCUT2D eigenvalue weighted by molar-refractivity contribution is 5.96. The molecule has 5 rings (SSSR count). The van der Waals surface area contributed by atoms with Crippen molar-refractivity contribution >= 4 is 23.2 Å². The summed E-state index contributed by atoms with van der Waals surface area (Å²) < 4.78 is 14.2. The predicted molar refractivity (Wildman–Crippen MR) is 201 cm³/mol. The Bertz CT molecular complexity index is 1690. The van der Waals surface area contributed by atoms with Crippen LogP contribution < -0.4 is 4.90 Å². The van der Waals surface area contributed by atoms with E-state index in [1.807, 2.05) is 74.4 Å². The number of nitrogens with zero attached hydrogens (tertiary/aromatic N) is 3. The first-order chi connectivity index (χ1) is 23.3. The van der Waals surface area contributed by atoms with Crippen molar-refractivity contribution in [2.45, 2.75) is 79.8 Å². The van der Waals surface area contributed by atoms with Crippen molar-refractivity contribution in [3.8, 4) is 0 Å². The van der Waals surface area contributed by atoms with Crippen molar-refractivity contribution in [3.05, 3.63) is 143 Å². The summed E-state index contributed by atoms with van der Waals surface area (Å²) in [6, 6.07) is 27.7. The van der Waals surface area contributed by atoms with E-state index in [9.17, 15) is 9.18 Å². The number of anilines is 1. The van der Waals surface area contributed by atoms with Crippen LogP contribution in [0, 0.1) is 18.7 Å². The molecule has 2 atom stereocenters. The average molecular weight is 646 g/mol. The number of carbonyl (C=O) groups is 1. The van der Waals surface area contributed by atoms with E-state index in [-0.39, 0.29) is 23.8 Å². The van der Waals surface area contributed by atoms with E-state index in [1.54, 1.807) is 12.1 Å². The highest BCUT2D eigenvalue weighted by atomic mass is 19.1. The van der Waals surface area contributed by atoms with Gasteiger partial charge < -0.3 is 9.80 Å². The van der Waals surface area contributed by atoms with E-state index in [4.69, 9.17) is 4.98 Å². The number of benzene rings is 3. The van der Waals surface area contributed by atoms with Crippen LogP contribution in [0.2, 0.25) is 0 Å². The summed E-state index contributed by atoms with van der Waals surface area (Å²) in [5, 5.41) is 0. The third kappa shape index (κ3) is 8.49. The van der Waals surface area contributed by atoms with E-state index in [1.165, 1.54) is 17.3 Å². The Balaban J connectivity index is 0.00000255. The standard InChI is InChI=1S/C41H46FN3O.C2H6/c1-6-13-33-27-35(20-21-38(33)37(14-7-2)34-16-12-17-36(42)28-34)41(46)44-25-22-32(23-26-44)30(4)45(40-19-9-8-15-29(40)3)31(5)39-18-10-11-24-43-39;1-2/h6,8-21,24,27-28,30-32H,7,22-23,25-26H2,1-5H3;1-2H3/b13-6+,37-14-;. The van der Waals surface area contributed by atoms with Gasteiger partial charge in [-0.3, -0.25) is 9.78 Å². The Morgan fingerprint density at radius 1 is 0.958 bits per heavy atom. The van der Waals surface area contributed by atoms with E-state index in [0.717, 1.165) is 60.3 Å². The molecule has 0 radical (unpaired) electrons. The summed E-state index contributed by atoms with van der Waals surface area (Å²) in [7, 11) is 0. The number of aryl methyl sites for hydroxylation is 1. The number of hydrogen-bond acceptors (Lipinski definition) is 3. The normalized spacial score (nSPS) is 15.1. The van der Waals surface area contributed by atoms with Crippen molar-refractivity contribution in [2.24, 2.45) is 5.92 Å². The molecule has 0 bridgehead atoms. The molecule has 1 amide bonds. The fourth-order valence-corrected chi connectivity index (χ4v) is 6.90. The van der Waals surface area contributed by atoms with Crippen LogP contribution in [0.4, 0.5) is 10.1 Å². The molecule has 0 aliphatic carbocycles. The SMILES string of the molecule is C/C=C/c1cc(C(=O)N2CCC(C(C)N(c3ccccc3C)C(C)c3ccccn3)CC2)ccc1/C(=C\CC)c1cccc(F)c1.CC. The van der Waals surface area contributed by atoms with Crippen LogP contribution in [0.5, 0.6) is 0 Å². The number of amides is 1. The fourth-order valence-electron chi connectivity index (χ4n) is 6.90. The van der Waals surface area contributed by atoms with E-state index < -0.39 is 0 Å². The van der Waals surface area contributed by atoms with E-state index >= 15 is 0 Å². The van der Waals surface area contributed by atoms with Crippen molar-refractivity contribution < 1.29 is 9.18 Å². The Morgan fingerprint density at radius 2 is 1.69 bits per heavy atom. The highest BCUT2D eigenvalue weighted by Crippen LogP contribution is 2.36. The number of para-hydroxylation sites is 1. The van der Waals surface area contributed by atoms with Crippen LogP contribution in [0.1, 0.15) is 105 Å². The van der Waals surface area contributed by atoms with Gasteiger partial charge in [0.25, 0.3) is 5.91 Å². The molecule has 0 saturated carbocycles. The molecule has 1 fully saturated rings. The number of aromatic nitrogens is 1. The maximum atomic E-state index is 14.2. The van der Waals surface area contributed by atoms with E-state index in [2.05, 4.69) is 75.1 Å². The van der Waals surface area contributed by atoms with Gasteiger partial charge in [-0.25, -0.2) is 4.39 Å². The molecule has 1 aromatic heterocycles. The molecule has 1 aliphatic heterocycles. The summed E-state index contributed by atoms with van der Waals surface area (Å²) >= 11 is 0. The molecule has 2 unspecified atom stereocenters. The third-order valence-electron chi connectivity index (χ3n) is 9.35. The number of rotatable bonds is 10. The minimum Gasteiger partial charge on any atom is -0.360 e. The molecule has 2 heterocycles. The molecule has 5 heteroatoms. The molecule has 0 spiro atoms. The third-order valence-corrected chi connectivity index (χ3v) is 9.35. The maximum absolute atomic E-state index is 14.2. The lowest BCUT2D eigenvalue weighted by molar-refractivity contribution is 0.0678. The van der Waals surface area contributed by atoms with Gasteiger partial charge in [-0.15, -0.1) is 0 Å². The van der Waals surface area contributed by atoms with Crippen LogP contribution in [-0.2, 0) is 0 Å². The van der Waals surface area contributed by atoms with Gasteiger partial charge in [0.2, 0.25) is 0 Å². The Labute approximate surface area is 288 Å². The Morgan fingerprint density at radius 3 is 2.33 bits per heavy atom. The second-order valence-electron chi connectivity index (χ2n) is 12.3. The molecule has 48 heavy (non-hydrogen) atoms. The van der Waals surface area contributed by atoms with Crippen molar-refractivity contribution in [1.29, 1.82) is 0 Å². The van der Waals surface area contributed by atoms with Crippen LogP contribution in [0.15, 0.2) is 103 Å². The van der Waals surface area contributed by atoms with Gasteiger partial charge >= 0.3 is 0 Å². The zero-order valence-electron chi connectivity index (χ0n) is 29.8. The van der Waals surface area contributed by atoms with Gasteiger partial charge in [0.05, 0.1) is 11.7 Å². The molecular formula is C43H52FN3O. The molecule has 252 valence electrons. The summed E-state index contributed by atoms with van der Waals surface area (Å²) in [4.78, 5) is 23.1. The van der Waals surface area contributed by atoms with Gasteiger partial charge in [-0.1, -0.05) is 81.5 Å². The molecule has 0 N–H and O–H groups in total. The quantitative estimate of drug-likeness (QED) is 0.172. The summed E-state index contributed by atoms with van der Waals surface area (Å²) in [6.45, 7) is 16.2. The van der Waals surface area contributed by atoms with Crippen molar-refractivity contribution in [3.63, 3.8) is 0 Å². The van der Waals surface area contributed by atoms with Crippen LogP contribution in [0.3, 0.4) is 0 Å². The van der Waals surface area contributed by atoms with E-state index in [0.29, 0.717) is 11.5 Å². The van der Waals surface area contributed by atoms with Crippen LogP contribution in [0.25, 0.3) is 11.6 Å². The lowest BCUT2D eigenvalue weighted by Crippen LogP contribution is -2.47. The number of allylic oxidation sites excluding steroid dienone is 2. The smallest absolute Gasteiger partial charge is 0.253 e. The number of hydrogen-bond donors (Lipinski definition) is 0. The Hall–Kier alpha value is -4.51. The van der Waals surface area contributed by atoms with Crippen LogP contribution in [-0.4, -0.2) is 34.9 Å². The number of piperidine rings is 1. The average Bonchev–Trinajstić information content (AvgIpc) is 3.12. The van der Waals surface area contributed by atoms with Gasteiger partial charge in [-0.05, 0) is 123 Å². The molecule has 1 saturated heterocycles. The first-order valence-corrected chi connectivity index (χ1v) is 17.6. The van der Waals surface area contributed by atoms with Crippen molar-refractivity contribution in [1.82, 2.24) is 9.88 Å². The lowest BCUT2D eigenvalue weighted by Gasteiger charge is -2.44. The first-order valence-electron chi connectivity index (χ1n) is 17.6. The van der Waals surface area contributed by atoms with Crippen LogP contribution >= 0.6 is 0 Å². The molecule has 1 aliphatic rings. The molecule has 4 nitrogen and oxygen atoms in total. The van der Waals surface area contributed by atoms with Crippen molar-refractivity contribution in [2.75, 3.05) is 18.0 Å². The Kier molecular flexibility index (Phi) is 13.3. The second-order valence-corrected chi connectivity index (χ2v) is 12.3. The summed E-state index contributed by atoms with van der Waals surface area (Å²) in [5.41, 5.74) is 7.98. The lowest BCUT2D eigenvalue weighted by atomic mass is 9.87. The minimum absolute atomic E-state index is 0.0628. The first kappa shape index (κ1) is 36.3. The summed E-state index contributed by atoms with van der Waals surface area (Å²) in [5.74, 6) is 0.237. The minimum atomic E-state index is -0.259. The zero-order chi connectivity index (χ0) is 34.6. The topological polar surface area (TPSA) is 36.4 Å². The monoisotopic (exact) mass is 645 g/mol. The zero-order valence-corrected chi connectivity index (χ0v) is 29.8. The number of likely N-dealkylation sites (tertiary alicyclic amines) is 1. The van der Waals surface area contributed by atoms with Gasteiger partial charge in [0.1, 0.15) is 5.82 Å². The summed E-state index contributed by atoms with van der Waals surface area (Å²) in [6.07, 6.45) is 10.7. The van der Waals surface area contributed by atoms with Gasteiger partial charge in [-0.2, -0.15) is 0 Å². The predicted octanol–water partition coefficient (Wildman–Crippen LogP) is 10.9. The number of carbonyl (C=O) groups excluding carboxylic acids is 1. The largest absolute Gasteiger partial charge is 0.360 e.